The average molecular weight is 372 g/mol. The molecular formula is C17H18ClN7O. The Hall–Kier alpha value is -2.71. The largest absolute Gasteiger partial charge is 0.369 e. The van der Waals surface area contributed by atoms with E-state index in [1.165, 1.54) is 21.8 Å². The van der Waals surface area contributed by atoms with Crippen molar-refractivity contribution in [3.05, 3.63) is 64.4 Å². The molecule has 0 saturated carbocycles. The Kier molecular flexibility index (Phi) is 4.68. The van der Waals surface area contributed by atoms with Gasteiger partial charge in [0, 0.05) is 43.0 Å². The van der Waals surface area contributed by atoms with Crippen LogP contribution in [-0.4, -0.2) is 55.6 Å². The summed E-state index contributed by atoms with van der Waals surface area (Å²) in [7, 11) is 0. The molecule has 0 aliphatic carbocycles. The lowest BCUT2D eigenvalue weighted by molar-refractivity contribution is 0.191. The van der Waals surface area contributed by atoms with Gasteiger partial charge < -0.3 is 4.90 Å². The molecule has 3 aromatic rings. The number of nitrogens with zero attached hydrogens (tertiary/aromatic N) is 7. The van der Waals surface area contributed by atoms with E-state index in [9.17, 15) is 4.79 Å². The van der Waals surface area contributed by atoms with Crippen LogP contribution < -0.4 is 10.5 Å². The van der Waals surface area contributed by atoms with Crippen LogP contribution in [0, 0.1) is 0 Å². The van der Waals surface area contributed by atoms with Gasteiger partial charge in [0.25, 0.3) is 5.56 Å². The van der Waals surface area contributed by atoms with E-state index in [1.807, 2.05) is 18.2 Å². The molecule has 0 amide bonds. The van der Waals surface area contributed by atoms with Crippen molar-refractivity contribution in [1.82, 2.24) is 29.4 Å². The highest BCUT2D eigenvalue weighted by Gasteiger charge is 2.18. The summed E-state index contributed by atoms with van der Waals surface area (Å²) in [6, 6.07) is 11.0. The van der Waals surface area contributed by atoms with Crippen LogP contribution in [0.2, 0.25) is 5.02 Å². The van der Waals surface area contributed by atoms with E-state index in [-0.39, 0.29) is 5.56 Å². The number of piperazine rings is 1. The smallest absolute Gasteiger partial charge is 0.268 e. The summed E-state index contributed by atoms with van der Waals surface area (Å²) in [5.74, 6) is 0.569. The molecule has 134 valence electrons. The number of halogens is 1. The minimum Gasteiger partial charge on any atom is -0.369 e. The molecule has 1 fully saturated rings. The molecule has 1 aromatic carbocycles. The fraction of sp³-hybridized carbons (Fsp3) is 0.294. The fourth-order valence-corrected chi connectivity index (χ4v) is 3.18. The van der Waals surface area contributed by atoms with Gasteiger partial charge in [0.05, 0.1) is 6.67 Å². The molecule has 9 heteroatoms. The van der Waals surface area contributed by atoms with Crippen molar-refractivity contribution >= 4 is 17.3 Å². The standard InChI is InChI=1S/C17H18ClN7O/c18-14-2-1-3-15(10-14)23-8-6-22(7-9-23)13-25-17(26)5-4-16(21-25)24-12-19-11-20-24/h1-5,10-12H,6-9,13H2. The first-order chi connectivity index (χ1) is 12.7. The van der Waals surface area contributed by atoms with Crippen molar-refractivity contribution in [2.45, 2.75) is 6.67 Å². The van der Waals surface area contributed by atoms with Crippen LogP contribution >= 0.6 is 11.6 Å². The number of rotatable bonds is 4. The molecule has 2 aromatic heterocycles. The normalized spacial score (nSPS) is 15.3. The van der Waals surface area contributed by atoms with Gasteiger partial charge in [-0.1, -0.05) is 17.7 Å². The second kappa shape index (κ2) is 7.27. The van der Waals surface area contributed by atoms with Gasteiger partial charge >= 0.3 is 0 Å². The number of aromatic nitrogens is 5. The van der Waals surface area contributed by atoms with Gasteiger partial charge in [0.1, 0.15) is 12.7 Å². The summed E-state index contributed by atoms with van der Waals surface area (Å²) in [5, 5.41) is 9.18. The topological polar surface area (TPSA) is 72.1 Å². The predicted octanol–water partition coefficient (Wildman–Crippen LogP) is 1.26. The van der Waals surface area contributed by atoms with Crippen molar-refractivity contribution in [2.75, 3.05) is 31.1 Å². The first kappa shape index (κ1) is 16.7. The zero-order valence-electron chi connectivity index (χ0n) is 14.1. The van der Waals surface area contributed by atoms with Gasteiger partial charge in [0.15, 0.2) is 5.82 Å². The molecule has 0 bridgehead atoms. The summed E-state index contributed by atoms with van der Waals surface area (Å²) in [4.78, 5) is 20.6. The van der Waals surface area contributed by atoms with E-state index >= 15 is 0 Å². The Morgan fingerprint density at radius 3 is 2.65 bits per heavy atom. The molecule has 1 aliphatic rings. The molecule has 0 N–H and O–H groups in total. The maximum absolute atomic E-state index is 12.1. The van der Waals surface area contributed by atoms with E-state index in [2.05, 4.69) is 31.0 Å². The molecule has 4 rings (SSSR count). The van der Waals surface area contributed by atoms with E-state index in [0.717, 1.165) is 36.9 Å². The Bertz CT molecular complexity index is 932. The molecule has 1 saturated heterocycles. The van der Waals surface area contributed by atoms with Crippen molar-refractivity contribution in [2.24, 2.45) is 0 Å². The van der Waals surface area contributed by atoms with Crippen LogP contribution in [0.15, 0.2) is 53.8 Å². The summed E-state index contributed by atoms with van der Waals surface area (Å²) in [6.45, 7) is 3.88. The highest BCUT2D eigenvalue weighted by Crippen LogP contribution is 2.20. The molecule has 0 atom stereocenters. The van der Waals surface area contributed by atoms with E-state index in [0.29, 0.717) is 12.5 Å². The maximum atomic E-state index is 12.1. The second-order valence-electron chi connectivity index (χ2n) is 6.10. The molecule has 26 heavy (non-hydrogen) atoms. The Labute approximate surface area is 155 Å². The second-order valence-corrected chi connectivity index (χ2v) is 6.53. The van der Waals surface area contributed by atoms with Crippen molar-refractivity contribution in [3.63, 3.8) is 0 Å². The number of hydrogen-bond acceptors (Lipinski definition) is 6. The zero-order chi connectivity index (χ0) is 17.9. The first-order valence-electron chi connectivity index (χ1n) is 8.35. The molecule has 1 aliphatic heterocycles. The lowest BCUT2D eigenvalue weighted by Crippen LogP contribution is -2.48. The quantitative estimate of drug-likeness (QED) is 0.687. The van der Waals surface area contributed by atoms with E-state index < -0.39 is 0 Å². The van der Waals surface area contributed by atoms with Gasteiger partial charge in [-0.2, -0.15) is 5.10 Å². The monoisotopic (exact) mass is 371 g/mol. The zero-order valence-corrected chi connectivity index (χ0v) is 14.8. The molecule has 0 radical (unpaired) electrons. The summed E-state index contributed by atoms with van der Waals surface area (Å²) < 4.78 is 3.00. The third-order valence-electron chi connectivity index (χ3n) is 4.39. The van der Waals surface area contributed by atoms with Gasteiger partial charge in [-0.3, -0.25) is 9.69 Å². The summed E-state index contributed by atoms with van der Waals surface area (Å²) in [5.41, 5.74) is 0.992. The SMILES string of the molecule is O=c1ccc(-n2cncn2)nn1CN1CCN(c2cccc(Cl)c2)CC1. The maximum Gasteiger partial charge on any atom is 0.268 e. The lowest BCUT2D eigenvalue weighted by atomic mass is 10.2. The predicted molar refractivity (Wildman–Crippen MR) is 98.7 cm³/mol. The minimum atomic E-state index is -0.133. The van der Waals surface area contributed by atoms with Crippen LogP contribution in [0.5, 0.6) is 0 Å². The highest BCUT2D eigenvalue weighted by atomic mass is 35.5. The first-order valence-corrected chi connectivity index (χ1v) is 8.73. The Balaban J connectivity index is 1.43. The lowest BCUT2D eigenvalue weighted by Gasteiger charge is -2.36. The molecule has 0 spiro atoms. The number of hydrogen-bond donors (Lipinski definition) is 0. The molecule has 0 unspecified atom stereocenters. The van der Waals surface area contributed by atoms with Crippen LogP contribution in [-0.2, 0) is 6.67 Å². The molecular weight excluding hydrogens is 354 g/mol. The number of benzene rings is 1. The summed E-state index contributed by atoms with van der Waals surface area (Å²) >= 11 is 6.08. The van der Waals surface area contributed by atoms with Crippen molar-refractivity contribution in [3.8, 4) is 5.82 Å². The van der Waals surface area contributed by atoms with E-state index in [4.69, 9.17) is 11.6 Å². The Morgan fingerprint density at radius 1 is 1.08 bits per heavy atom. The van der Waals surface area contributed by atoms with Gasteiger partial charge in [-0.05, 0) is 24.3 Å². The van der Waals surface area contributed by atoms with Crippen molar-refractivity contribution in [1.29, 1.82) is 0 Å². The molecule has 3 heterocycles. The van der Waals surface area contributed by atoms with Crippen LogP contribution in [0.4, 0.5) is 5.69 Å². The Morgan fingerprint density at radius 2 is 1.92 bits per heavy atom. The van der Waals surface area contributed by atoms with E-state index in [1.54, 1.807) is 12.4 Å². The van der Waals surface area contributed by atoms with Gasteiger partial charge in [-0.15, -0.1) is 5.10 Å². The highest BCUT2D eigenvalue weighted by molar-refractivity contribution is 6.30. The third kappa shape index (κ3) is 3.61. The average Bonchev–Trinajstić information content (AvgIpc) is 3.19. The van der Waals surface area contributed by atoms with Gasteiger partial charge in [-0.25, -0.2) is 14.3 Å². The van der Waals surface area contributed by atoms with Crippen LogP contribution in [0.25, 0.3) is 5.82 Å². The summed E-state index contributed by atoms with van der Waals surface area (Å²) in [6.07, 6.45) is 2.99. The number of anilines is 1. The van der Waals surface area contributed by atoms with Crippen LogP contribution in [0.1, 0.15) is 0 Å². The third-order valence-corrected chi connectivity index (χ3v) is 4.62. The molecule has 8 nitrogen and oxygen atoms in total. The van der Waals surface area contributed by atoms with Crippen LogP contribution in [0.3, 0.4) is 0 Å². The van der Waals surface area contributed by atoms with Gasteiger partial charge in [0.2, 0.25) is 0 Å². The van der Waals surface area contributed by atoms with Crippen molar-refractivity contribution < 1.29 is 0 Å². The fourth-order valence-electron chi connectivity index (χ4n) is 3.00. The minimum absolute atomic E-state index is 0.133.